The first kappa shape index (κ1) is 23.9. The molecule has 2 heterocycles. The summed E-state index contributed by atoms with van der Waals surface area (Å²) in [4.78, 5) is 7.40. The van der Waals surface area contributed by atoms with Crippen molar-refractivity contribution in [2.24, 2.45) is 0 Å². The molecule has 1 aliphatic heterocycles. The number of likely N-dealkylation sites (tertiary alicyclic amines) is 1. The van der Waals surface area contributed by atoms with Gasteiger partial charge in [-0.05, 0) is 55.2 Å². The van der Waals surface area contributed by atoms with E-state index < -0.39 is 8.32 Å². The van der Waals surface area contributed by atoms with Crippen LogP contribution in [-0.4, -0.2) is 36.4 Å². The Morgan fingerprint density at radius 1 is 1.00 bits per heavy atom. The number of hydrogen-bond acceptors (Lipinski definition) is 5. The lowest BCUT2D eigenvalue weighted by atomic mass is 9.96. The fourth-order valence-corrected chi connectivity index (χ4v) is 5.25. The molecule has 0 saturated carbocycles. The quantitative estimate of drug-likeness (QED) is 0.371. The zero-order chi connectivity index (χ0) is 23.5. The number of aromatic nitrogens is 2. The van der Waals surface area contributed by atoms with Crippen LogP contribution in [0.15, 0.2) is 65.2 Å². The third-order valence-corrected chi connectivity index (χ3v) is 11.6. The molecule has 6 heteroatoms. The minimum absolute atomic E-state index is 0.0954. The summed E-state index contributed by atoms with van der Waals surface area (Å²) >= 11 is 0. The lowest BCUT2D eigenvalue weighted by Crippen LogP contribution is -2.42. The molecule has 3 aromatic rings. The minimum Gasteiger partial charge on any atom is -0.403 e. The van der Waals surface area contributed by atoms with Crippen LogP contribution in [0, 0.1) is 0 Å². The molecule has 0 radical (unpaired) electrons. The molecule has 2 aromatic carbocycles. The van der Waals surface area contributed by atoms with Crippen molar-refractivity contribution in [3.8, 4) is 0 Å². The lowest BCUT2D eigenvalue weighted by molar-refractivity contribution is 0.186. The number of nitrogens with zero attached hydrogens (tertiary/aromatic N) is 3. The zero-order valence-corrected chi connectivity index (χ0v) is 21.6. The maximum atomic E-state index is 6.80. The van der Waals surface area contributed by atoms with E-state index in [1.54, 1.807) is 0 Å². The Balaban J connectivity index is 1.47. The van der Waals surface area contributed by atoms with Crippen LogP contribution in [0.25, 0.3) is 0 Å². The van der Waals surface area contributed by atoms with Crippen LogP contribution in [0.1, 0.15) is 68.5 Å². The molecule has 0 spiro atoms. The average molecular weight is 464 g/mol. The van der Waals surface area contributed by atoms with Crippen molar-refractivity contribution in [2.75, 3.05) is 13.1 Å². The molecule has 176 valence electrons. The molecular formula is C27H37N3O2Si. The summed E-state index contributed by atoms with van der Waals surface area (Å²) in [5.41, 5.74) is 2.44. The highest BCUT2D eigenvalue weighted by molar-refractivity contribution is 6.74. The van der Waals surface area contributed by atoms with E-state index in [4.69, 9.17) is 13.9 Å². The van der Waals surface area contributed by atoms with Crippen molar-refractivity contribution in [3.05, 3.63) is 83.5 Å². The standard InChI is InChI=1S/C27H37N3O2Si/c1-27(2,3)33(4,5)32-24(22-14-10-7-11-15-22)25-28-26(31-29-25)23-16-18-30(19-17-23)20-21-12-8-6-9-13-21/h6-15,23-24H,16-20H2,1-5H3. The topological polar surface area (TPSA) is 51.4 Å². The van der Waals surface area contributed by atoms with E-state index in [1.807, 2.05) is 18.2 Å². The van der Waals surface area contributed by atoms with Gasteiger partial charge in [0.25, 0.3) is 0 Å². The van der Waals surface area contributed by atoms with Crippen molar-refractivity contribution in [3.63, 3.8) is 0 Å². The highest BCUT2D eigenvalue weighted by Crippen LogP contribution is 2.41. The van der Waals surface area contributed by atoms with E-state index in [9.17, 15) is 0 Å². The molecule has 1 aromatic heterocycles. The van der Waals surface area contributed by atoms with Crippen molar-refractivity contribution in [2.45, 2.75) is 70.3 Å². The van der Waals surface area contributed by atoms with Crippen LogP contribution in [0.2, 0.25) is 18.1 Å². The molecule has 0 bridgehead atoms. The van der Waals surface area contributed by atoms with E-state index >= 15 is 0 Å². The third-order valence-electron chi connectivity index (χ3n) is 7.20. The summed E-state index contributed by atoms with van der Waals surface area (Å²) in [6.45, 7) is 14.4. The molecule has 1 saturated heterocycles. The summed E-state index contributed by atoms with van der Waals surface area (Å²) in [7, 11) is -2.04. The maximum absolute atomic E-state index is 6.80. The Morgan fingerprint density at radius 3 is 2.21 bits per heavy atom. The van der Waals surface area contributed by atoms with Gasteiger partial charge in [0.2, 0.25) is 11.7 Å². The summed E-state index contributed by atoms with van der Waals surface area (Å²) in [6, 6.07) is 21.0. The molecule has 5 nitrogen and oxygen atoms in total. The van der Waals surface area contributed by atoms with Gasteiger partial charge in [0.1, 0.15) is 6.10 Å². The Kier molecular flexibility index (Phi) is 7.17. The molecule has 0 amide bonds. The molecule has 33 heavy (non-hydrogen) atoms. The zero-order valence-electron chi connectivity index (χ0n) is 20.6. The van der Waals surface area contributed by atoms with Gasteiger partial charge in [-0.15, -0.1) is 0 Å². The second-order valence-electron chi connectivity index (χ2n) is 10.7. The number of benzene rings is 2. The average Bonchev–Trinajstić information content (AvgIpc) is 3.28. The fraction of sp³-hybridized carbons (Fsp3) is 0.481. The summed E-state index contributed by atoms with van der Waals surface area (Å²) < 4.78 is 12.6. The van der Waals surface area contributed by atoms with Gasteiger partial charge in [-0.2, -0.15) is 4.98 Å². The van der Waals surface area contributed by atoms with Crippen LogP contribution < -0.4 is 0 Å². The highest BCUT2D eigenvalue weighted by Gasteiger charge is 2.41. The Labute approximate surface area is 199 Å². The second kappa shape index (κ2) is 9.91. The Bertz CT molecular complexity index is 1010. The van der Waals surface area contributed by atoms with Crippen LogP contribution in [0.3, 0.4) is 0 Å². The molecule has 1 atom stereocenters. The predicted molar refractivity (Wildman–Crippen MR) is 135 cm³/mol. The maximum Gasteiger partial charge on any atom is 0.229 e. The van der Waals surface area contributed by atoms with Crippen molar-refractivity contribution < 1.29 is 8.95 Å². The van der Waals surface area contributed by atoms with E-state index in [0.717, 1.165) is 43.9 Å². The number of piperidine rings is 1. The van der Waals surface area contributed by atoms with Gasteiger partial charge in [-0.1, -0.05) is 86.6 Å². The largest absolute Gasteiger partial charge is 0.403 e. The normalized spacial score (nSPS) is 17.2. The van der Waals surface area contributed by atoms with Gasteiger partial charge in [0.05, 0.1) is 0 Å². The molecular weight excluding hydrogens is 426 g/mol. The molecule has 0 aliphatic carbocycles. The lowest BCUT2D eigenvalue weighted by Gasteiger charge is -2.38. The molecule has 1 fully saturated rings. The third kappa shape index (κ3) is 5.80. The van der Waals surface area contributed by atoms with Gasteiger partial charge in [-0.25, -0.2) is 0 Å². The van der Waals surface area contributed by atoms with E-state index in [1.165, 1.54) is 5.56 Å². The predicted octanol–water partition coefficient (Wildman–Crippen LogP) is 6.56. The van der Waals surface area contributed by atoms with Crippen LogP contribution in [-0.2, 0) is 11.0 Å². The van der Waals surface area contributed by atoms with Crippen LogP contribution in [0.5, 0.6) is 0 Å². The van der Waals surface area contributed by atoms with E-state index in [2.05, 4.69) is 86.4 Å². The molecule has 4 rings (SSSR count). The summed E-state index contributed by atoms with van der Waals surface area (Å²) in [5, 5.41) is 4.51. The highest BCUT2D eigenvalue weighted by atomic mass is 28.4. The summed E-state index contributed by atoms with van der Waals surface area (Å²) in [5.74, 6) is 1.71. The van der Waals surface area contributed by atoms with Crippen LogP contribution >= 0.6 is 0 Å². The smallest absolute Gasteiger partial charge is 0.229 e. The van der Waals surface area contributed by atoms with Gasteiger partial charge in [-0.3, -0.25) is 4.90 Å². The number of rotatable bonds is 7. The van der Waals surface area contributed by atoms with Gasteiger partial charge in [0, 0.05) is 12.5 Å². The monoisotopic (exact) mass is 463 g/mol. The summed E-state index contributed by atoms with van der Waals surface area (Å²) in [6.07, 6.45) is 1.77. The van der Waals surface area contributed by atoms with Gasteiger partial charge < -0.3 is 8.95 Å². The second-order valence-corrected chi connectivity index (χ2v) is 15.5. The first-order chi connectivity index (χ1) is 15.7. The molecule has 1 aliphatic rings. The number of hydrogen-bond donors (Lipinski definition) is 0. The SMILES string of the molecule is CC(C)(C)[Si](C)(C)OC(c1ccccc1)c1noc(C2CCN(Cc3ccccc3)CC2)n1. The Hall–Kier alpha value is -2.28. The van der Waals surface area contributed by atoms with Crippen molar-refractivity contribution in [1.82, 2.24) is 15.0 Å². The van der Waals surface area contributed by atoms with E-state index in [0.29, 0.717) is 11.7 Å². The van der Waals surface area contributed by atoms with Gasteiger partial charge in [0.15, 0.2) is 8.32 Å². The minimum atomic E-state index is -2.04. The Morgan fingerprint density at radius 2 is 1.61 bits per heavy atom. The fourth-order valence-electron chi connectivity index (χ4n) is 4.07. The van der Waals surface area contributed by atoms with Gasteiger partial charge >= 0.3 is 0 Å². The molecule has 1 unspecified atom stereocenters. The van der Waals surface area contributed by atoms with Crippen LogP contribution in [0.4, 0.5) is 0 Å². The van der Waals surface area contributed by atoms with Crippen molar-refractivity contribution >= 4 is 8.32 Å². The first-order valence-electron chi connectivity index (χ1n) is 12.1. The van der Waals surface area contributed by atoms with Crippen molar-refractivity contribution in [1.29, 1.82) is 0 Å². The first-order valence-corrected chi connectivity index (χ1v) is 15.0. The molecule has 0 N–H and O–H groups in total. The van der Waals surface area contributed by atoms with E-state index in [-0.39, 0.29) is 11.1 Å².